The fraction of sp³-hybridized carbons (Fsp3) is 0.400. The number of rotatable bonds is 5. The minimum Gasteiger partial charge on any atom is -0.493 e. The minimum absolute atomic E-state index is 0.0396. The van der Waals surface area contributed by atoms with Crippen LogP contribution in [0.1, 0.15) is 32.3 Å². The summed E-state index contributed by atoms with van der Waals surface area (Å²) in [5, 5.41) is 1.05. The lowest BCUT2D eigenvalue weighted by atomic mass is 10.0. The van der Waals surface area contributed by atoms with Gasteiger partial charge in [0.05, 0.1) is 12.1 Å². The zero-order valence-corrected chi connectivity index (χ0v) is 11.0. The number of aromatic nitrogens is 1. The minimum atomic E-state index is -0.0396. The lowest BCUT2D eigenvalue weighted by Gasteiger charge is -2.11. The van der Waals surface area contributed by atoms with E-state index in [1.807, 2.05) is 25.1 Å². The Morgan fingerprint density at radius 1 is 1.28 bits per heavy atom. The second kappa shape index (κ2) is 5.71. The molecule has 3 heteroatoms. The van der Waals surface area contributed by atoms with Gasteiger partial charge in [-0.3, -0.25) is 4.79 Å². The van der Waals surface area contributed by atoms with Crippen LogP contribution in [0.3, 0.4) is 0 Å². The Labute approximate surface area is 107 Å². The molecule has 0 fully saturated rings. The predicted octanol–water partition coefficient (Wildman–Crippen LogP) is 3.27. The van der Waals surface area contributed by atoms with Crippen LogP contribution in [0.5, 0.6) is 5.75 Å². The van der Waals surface area contributed by atoms with Crippen molar-refractivity contribution in [2.45, 2.75) is 33.1 Å². The van der Waals surface area contributed by atoms with Gasteiger partial charge in [0.2, 0.25) is 5.56 Å². The summed E-state index contributed by atoms with van der Waals surface area (Å²) in [6.45, 7) is 4.75. The smallest absolute Gasteiger partial charge is 0.248 e. The van der Waals surface area contributed by atoms with Gasteiger partial charge in [-0.25, -0.2) is 0 Å². The molecule has 2 aromatic rings. The SMILES string of the molecule is CCCCc1cc(=O)[nH]c2cccc(OCC)c12. The van der Waals surface area contributed by atoms with Crippen LogP contribution in [0.2, 0.25) is 0 Å². The Balaban J connectivity index is 2.61. The van der Waals surface area contributed by atoms with Crippen molar-refractivity contribution in [3.63, 3.8) is 0 Å². The van der Waals surface area contributed by atoms with E-state index in [-0.39, 0.29) is 5.56 Å². The second-order valence-corrected chi connectivity index (χ2v) is 4.37. The summed E-state index contributed by atoms with van der Waals surface area (Å²) in [4.78, 5) is 14.5. The van der Waals surface area contributed by atoms with Crippen LogP contribution in [-0.4, -0.2) is 11.6 Å². The molecule has 0 amide bonds. The third kappa shape index (κ3) is 2.55. The number of unbranched alkanes of at least 4 members (excludes halogenated alkanes) is 1. The van der Waals surface area contributed by atoms with E-state index in [2.05, 4.69) is 11.9 Å². The van der Waals surface area contributed by atoms with E-state index in [0.717, 1.165) is 41.5 Å². The number of benzene rings is 1. The van der Waals surface area contributed by atoms with Gasteiger partial charge in [0.1, 0.15) is 5.75 Å². The molecule has 2 rings (SSSR count). The number of hydrogen-bond acceptors (Lipinski definition) is 2. The largest absolute Gasteiger partial charge is 0.493 e. The molecule has 0 bridgehead atoms. The number of nitrogens with one attached hydrogen (secondary N) is 1. The molecule has 0 aliphatic carbocycles. The van der Waals surface area contributed by atoms with Gasteiger partial charge in [0.15, 0.2) is 0 Å². The summed E-state index contributed by atoms with van der Waals surface area (Å²) in [6.07, 6.45) is 3.12. The van der Waals surface area contributed by atoms with Gasteiger partial charge < -0.3 is 9.72 Å². The number of H-pyrrole nitrogens is 1. The van der Waals surface area contributed by atoms with Crippen LogP contribution in [0.15, 0.2) is 29.1 Å². The predicted molar refractivity (Wildman–Crippen MR) is 74.3 cm³/mol. The fourth-order valence-corrected chi connectivity index (χ4v) is 2.21. The van der Waals surface area contributed by atoms with Crippen molar-refractivity contribution < 1.29 is 4.74 Å². The van der Waals surface area contributed by atoms with Crippen molar-refractivity contribution in [2.75, 3.05) is 6.61 Å². The first-order chi connectivity index (χ1) is 8.76. The summed E-state index contributed by atoms with van der Waals surface area (Å²) < 4.78 is 5.66. The highest BCUT2D eigenvalue weighted by Crippen LogP contribution is 2.27. The molecule has 0 saturated carbocycles. The van der Waals surface area contributed by atoms with Crippen LogP contribution in [0.4, 0.5) is 0 Å². The molecule has 0 aliphatic rings. The lowest BCUT2D eigenvalue weighted by molar-refractivity contribution is 0.344. The maximum absolute atomic E-state index is 11.6. The number of hydrogen-bond donors (Lipinski definition) is 1. The van der Waals surface area contributed by atoms with E-state index < -0.39 is 0 Å². The zero-order valence-electron chi connectivity index (χ0n) is 11.0. The molecule has 1 heterocycles. The number of pyridine rings is 1. The van der Waals surface area contributed by atoms with E-state index in [4.69, 9.17) is 4.74 Å². The molecule has 1 N–H and O–H groups in total. The maximum Gasteiger partial charge on any atom is 0.248 e. The summed E-state index contributed by atoms with van der Waals surface area (Å²) in [7, 11) is 0. The Bertz CT molecular complexity index is 587. The topological polar surface area (TPSA) is 42.1 Å². The summed E-state index contributed by atoms with van der Waals surface area (Å²) >= 11 is 0. The molecule has 0 spiro atoms. The third-order valence-corrected chi connectivity index (χ3v) is 3.01. The molecule has 96 valence electrons. The summed E-state index contributed by atoms with van der Waals surface area (Å²) in [5.74, 6) is 0.859. The average Bonchev–Trinajstić information content (AvgIpc) is 2.36. The molecule has 18 heavy (non-hydrogen) atoms. The van der Waals surface area contributed by atoms with Gasteiger partial charge in [-0.05, 0) is 37.5 Å². The van der Waals surface area contributed by atoms with Crippen LogP contribution in [0, 0.1) is 0 Å². The molecule has 0 saturated heterocycles. The van der Waals surface area contributed by atoms with Crippen LogP contribution < -0.4 is 10.3 Å². The standard InChI is InChI=1S/C15H19NO2/c1-3-5-7-11-10-14(17)16-12-8-6-9-13(15(11)12)18-4-2/h6,8-10H,3-5,7H2,1-2H3,(H,16,17). The van der Waals surface area contributed by atoms with E-state index in [1.165, 1.54) is 0 Å². The number of ether oxygens (including phenoxy) is 1. The first-order valence-corrected chi connectivity index (χ1v) is 6.54. The molecular formula is C15H19NO2. The highest BCUT2D eigenvalue weighted by Gasteiger charge is 2.08. The second-order valence-electron chi connectivity index (χ2n) is 4.37. The van der Waals surface area contributed by atoms with Gasteiger partial charge >= 0.3 is 0 Å². The number of aromatic amines is 1. The van der Waals surface area contributed by atoms with E-state index in [0.29, 0.717) is 6.61 Å². The van der Waals surface area contributed by atoms with Crippen molar-refractivity contribution in [2.24, 2.45) is 0 Å². The monoisotopic (exact) mass is 245 g/mol. The van der Waals surface area contributed by atoms with Crippen LogP contribution in [-0.2, 0) is 6.42 Å². The van der Waals surface area contributed by atoms with Gasteiger partial charge in [0.25, 0.3) is 0 Å². The summed E-state index contributed by atoms with van der Waals surface area (Å²) in [6, 6.07) is 7.49. The van der Waals surface area contributed by atoms with Crippen LogP contribution >= 0.6 is 0 Å². The average molecular weight is 245 g/mol. The molecule has 0 radical (unpaired) electrons. The third-order valence-electron chi connectivity index (χ3n) is 3.01. The van der Waals surface area contributed by atoms with Crippen molar-refractivity contribution in [3.8, 4) is 5.75 Å². The highest BCUT2D eigenvalue weighted by molar-refractivity contribution is 5.88. The van der Waals surface area contributed by atoms with Crippen molar-refractivity contribution in [1.82, 2.24) is 4.98 Å². The molecule has 0 unspecified atom stereocenters. The molecule has 0 aliphatic heterocycles. The van der Waals surface area contributed by atoms with E-state index in [9.17, 15) is 4.79 Å². The Kier molecular flexibility index (Phi) is 4.03. The van der Waals surface area contributed by atoms with Gasteiger partial charge in [-0.2, -0.15) is 0 Å². The molecule has 1 aromatic carbocycles. The Hall–Kier alpha value is -1.77. The van der Waals surface area contributed by atoms with E-state index >= 15 is 0 Å². The molecule has 1 aromatic heterocycles. The number of aryl methyl sites for hydroxylation is 1. The van der Waals surface area contributed by atoms with Crippen molar-refractivity contribution in [1.29, 1.82) is 0 Å². The van der Waals surface area contributed by atoms with Crippen molar-refractivity contribution in [3.05, 3.63) is 40.2 Å². The van der Waals surface area contributed by atoms with Crippen LogP contribution in [0.25, 0.3) is 10.9 Å². The van der Waals surface area contributed by atoms with Gasteiger partial charge in [0, 0.05) is 11.5 Å². The molecule has 0 atom stereocenters. The lowest BCUT2D eigenvalue weighted by Crippen LogP contribution is -2.07. The highest BCUT2D eigenvalue weighted by atomic mass is 16.5. The fourth-order valence-electron chi connectivity index (χ4n) is 2.21. The quantitative estimate of drug-likeness (QED) is 0.878. The Morgan fingerprint density at radius 2 is 2.11 bits per heavy atom. The zero-order chi connectivity index (χ0) is 13.0. The van der Waals surface area contributed by atoms with E-state index in [1.54, 1.807) is 6.07 Å². The maximum atomic E-state index is 11.6. The van der Waals surface area contributed by atoms with Gasteiger partial charge in [-0.15, -0.1) is 0 Å². The summed E-state index contributed by atoms with van der Waals surface area (Å²) in [5.41, 5.74) is 1.90. The van der Waals surface area contributed by atoms with Crippen molar-refractivity contribution >= 4 is 10.9 Å². The first-order valence-electron chi connectivity index (χ1n) is 6.54. The number of fused-ring (bicyclic) bond motifs is 1. The Morgan fingerprint density at radius 3 is 2.83 bits per heavy atom. The first kappa shape index (κ1) is 12.7. The molecule has 3 nitrogen and oxygen atoms in total. The normalized spacial score (nSPS) is 10.8. The molecular weight excluding hydrogens is 226 g/mol. The van der Waals surface area contributed by atoms with Gasteiger partial charge in [-0.1, -0.05) is 19.4 Å².